The second-order valence-electron chi connectivity index (χ2n) is 4.32. The molecule has 16 heavy (non-hydrogen) atoms. The van der Waals surface area contributed by atoms with Gasteiger partial charge in [-0.05, 0) is 6.42 Å². The molecule has 0 spiro atoms. The summed E-state index contributed by atoms with van der Waals surface area (Å²) in [6.07, 6.45) is 4.17. The SMILES string of the molecule is CCCC1OCC(c2cccc[n+]2C)CO1. The molecule has 3 nitrogen and oxygen atoms in total. The van der Waals surface area contributed by atoms with Crippen molar-refractivity contribution >= 4 is 0 Å². The first kappa shape index (κ1) is 11.6. The van der Waals surface area contributed by atoms with Crippen LogP contribution in [0.2, 0.25) is 0 Å². The van der Waals surface area contributed by atoms with E-state index in [1.165, 1.54) is 5.69 Å². The van der Waals surface area contributed by atoms with Gasteiger partial charge in [-0.15, -0.1) is 0 Å². The Labute approximate surface area is 97.0 Å². The molecule has 3 heteroatoms. The predicted molar refractivity (Wildman–Crippen MR) is 61.0 cm³/mol. The van der Waals surface area contributed by atoms with E-state index in [1.807, 2.05) is 6.07 Å². The second kappa shape index (κ2) is 5.41. The van der Waals surface area contributed by atoms with Crippen LogP contribution < -0.4 is 4.57 Å². The van der Waals surface area contributed by atoms with E-state index in [0.717, 1.165) is 26.1 Å². The van der Waals surface area contributed by atoms with Crippen molar-refractivity contribution in [3.63, 3.8) is 0 Å². The van der Waals surface area contributed by atoms with Crippen LogP contribution >= 0.6 is 0 Å². The standard InChI is InChI=1S/C13H20NO2/c1-3-6-13-15-9-11(10-16-13)12-7-4-5-8-14(12)2/h4-5,7-8,11,13H,3,6,9-10H2,1-2H3/q+1. The number of hydrogen-bond donors (Lipinski definition) is 0. The average Bonchev–Trinajstić information content (AvgIpc) is 2.31. The van der Waals surface area contributed by atoms with Crippen LogP contribution in [0.5, 0.6) is 0 Å². The molecule has 1 aliphatic rings. The lowest BCUT2D eigenvalue weighted by Crippen LogP contribution is -2.40. The van der Waals surface area contributed by atoms with Crippen molar-refractivity contribution in [3.8, 4) is 0 Å². The molecule has 1 fully saturated rings. The predicted octanol–water partition coefficient (Wildman–Crippen LogP) is 1.77. The lowest BCUT2D eigenvalue weighted by molar-refractivity contribution is -0.681. The van der Waals surface area contributed by atoms with E-state index in [2.05, 4.69) is 36.9 Å². The smallest absolute Gasteiger partial charge is 0.188 e. The molecule has 2 heterocycles. The summed E-state index contributed by atoms with van der Waals surface area (Å²) in [5.41, 5.74) is 1.28. The number of pyridine rings is 1. The highest BCUT2D eigenvalue weighted by Gasteiger charge is 2.27. The molecule has 0 unspecified atom stereocenters. The van der Waals surface area contributed by atoms with Crippen LogP contribution in [0.1, 0.15) is 31.4 Å². The molecule has 0 bridgehead atoms. The zero-order valence-electron chi connectivity index (χ0n) is 10.1. The highest BCUT2D eigenvalue weighted by atomic mass is 16.7. The Kier molecular flexibility index (Phi) is 3.91. The third-order valence-corrected chi connectivity index (χ3v) is 3.00. The van der Waals surface area contributed by atoms with E-state index in [9.17, 15) is 0 Å². The maximum absolute atomic E-state index is 5.70. The Morgan fingerprint density at radius 1 is 1.31 bits per heavy atom. The quantitative estimate of drug-likeness (QED) is 0.727. The van der Waals surface area contributed by atoms with Crippen LogP contribution in [0.25, 0.3) is 0 Å². The van der Waals surface area contributed by atoms with E-state index < -0.39 is 0 Å². The van der Waals surface area contributed by atoms with Crippen LogP contribution in [0.15, 0.2) is 24.4 Å². The van der Waals surface area contributed by atoms with Crippen molar-refractivity contribution in [3.05, 3.63) is 30.1 Å². The summed E-state index contributed by atoms with van der Waals surface area (Å²) in [4.78, 5) is 0. The Morgan fingerprint density at radius 3 is 2.69 bits per heavy atom. The zero-order valence-corrected chi connectivity index (χ0v) is 10.1. The van der Waals surface area contributed by atoms with Gasteiger partial charge in [-0.25, -0.2) is 4.57 Å². The molecule has 0 N–H and O–H groups in total. The molecule has 1 aromatic rings. The van der Waals surface area contributed by atoms with Crippen LogP contribution in [0.4, 0.5) is 0 Å². The van der Waals surface area contributed by atoms with E-state index in [4.69, 9.17) is 9.47 Å². The van der Waals surface area contributed by atoms with Gasteiger partial charge in [0, 0.05) is 12.1 Å². The molecule has 88 valence electrons. The molecule has 0 aliphatic carbocycles. The van der Waals surface area contributed by atoms with Gasteiger partial charge in [0.1, 0.15) is 7.05 Å². The van der Waals surface area contributed by atoms with E-state index >= 15 is 0 Å². The normalized spacial score (nSPS) is 25.6. The van der Waals surface area contributed by atoms with Crippen LogP contribution in [0, 0.1) is 0 Å². The van der Waals surface area contributed by atoms with Crippen LogP contribution in [-0.4, -0.2) is 19.5 Å². The fourth-order valence-corrected chi connectivity index (χ4v) is 2.08. The van der Waals surface area contributed by atoms with Crippen molar-refractivity contribution in [2.45, 2.75) is 32.0 Å². The monoisotopic (exact) mass is 222 g/mol. The number of hydrogen-bond acceptors (Lipinski definition) is 2. The number of rotatable bonds is 3. The second-order valence-corrected chi connectivity index (χ2v) is 4.32. The largest absolute Gasteiger partial charge is 0.352 e. The third kappa shape index (κ3) is 2.60. The van der Waals surface area contributed by atoms with Gasteiger partial charge in [-0.3, -0.25) is 0 Å². The summed E-state index contributed by atoms with van der Waals surface area (Å²) in [5, 5.41) is 0. The van der Waals surface area contributed by atoms with Crippen LogP contribution in [0.3, 0.4) is 0 Å². The van der Waals surface area contributed by atoms with Gasteiger partial charge in [-0.1, -0.05) is 19.4 Å². The first-order valence-corrected chi connectivity index (χ1v) is 5.99. The van der Waals surface area contributed by atoms with Crippen molar-refractivity contribution in [2.75, 3.05) is 13.2 Å². The van der Waals surface area contributed by atoms with Gasteiger partial charge in [-0.2, -0.15) is 0 Å². The molecule has 1 aromatic heterocycles. The molecular weight excluding hydrogens is 202 g/mol. The van der Waals surface area contributed by atoms with Gasteiger partial charge in [0.25, 0.3) is 0 Å². The molecule has 2 rings (SSSR count). The highest BCUT2D eigenvalue weighted by Crippen LogP contribution is 2.21. The molecule has 0 amide bonds. The minimum atomic E-state index is 0.00951. The topological polar surface area (TPSA) is 22.3 Å². The first-order chi connectivity index (χ1) is 7.81. The van der Waals surface area contributed by atoms with Crippen molar-refractivity contribution < 1.29 is 14.0 Å². The molecule has 1 saturated heterocycles. The molecule has 1 aliphatic heterocycles. The van der Waals surface area contributed by atoms with E-state index in [1.54, 1.807) is 0 Å². The third-order valence-electron chi connectivity index (χ3n) is 3.00. The van der Waals surface area contributed by atoms with Gasteiger partial charge in [0.05, 0.1) is 19.1 Å². The van der Waals surface area contributed by atoms with Gasteiger partial charge >= 0.3 is 0 Å². The summed E-state index contributed by atoms with van der Waals surface area (Å²) in [6, 6.07) is 6.24. The Bertz CT molecular complexity index is 332. The number of aryl methyl sites for hydroxylation is 1. The van der Waals surface area contributed by atoms with E-state index in [-0.39, 0.29) is 6.29 Å². The molecule has 0 aromatic carbocycles. The number of ether oxygens (including phenoxy) is 2. The average molecular weight is 222 g/mol. The summed E-state index contributed by atoms with van der Waals surface area (Å²) in [5.74, 6) is 0.360. The maximum Gasteiger partial charge on any atom is 0.188 e. The Morgan fingerprint density at radius 2 is 2.06 bits per heavy atom. The summed E-state index contributed by atoms with van der Waals surface area (Å²) in [6.45, 7) is 3.68. The van der Waals surface area contributed by atoms with Gasteiger partial charge in [0.2, 0.25) is 0 Å². The minimum Gasteiger partial charge on any atom is -0.352 e. The molecule has 0 atom stereocenters. The first-order valence-electron chi connectivity index (χ1n) is 5.99. The molecule has 0 saturated carbocycles. The lowest BCUT2D eigenvalue weighted by Gasteiger charge is -2.27. The zero-order chi connectivity index (χ0) is 11.4. The minimum absolute atomic E-state index is 0.00951. The summed E-state index contributed by atoms with van der Waals surface area (Å²) >= 11 is 0. The lowest BCUT2D eigenvalue weighted by atomic mass is 10.1. The number of nitrogens with zero attached hydrogens (tertiary/aromatic N) is 1. The van der Waals surface area contributed by atoms with E-state index in [0.29, 0.717) is 5.92 Å². The van der Waals surface area contributed by atoms with Crippen molar-refractivity contribution in [1.29, 1.82) is 0 Å². The van der Waals surface area contributed by atoms with Gasteiger partial charge < -0.3 is 9.47 Å². The van der Waals surface area contributed by atoms with Crippen molar-refractivity contribution in [2.24, 2.45) is 7.05 Å². The van der Waals surface area contributed by atoms with Crippen LogP contribution in [-0.2, 0) is 16.5 Å². The summed E-state index contributed by atoms with van der Waals surface area (Å²) in [7, 11) is 2.06. The highest BCUT2D eigenvalue weighted by molar-refractivity contribution is 5.04. The van der Waals surface area contributed by atoms with Gasteiger partial charge in [0.15, 0.2) is 18.2 Å². The summed E-state index contributed by atoms with van der Waals surface area (Å²) < 4.78 is 13.5. The van der Waals surface area contributed by atoms with Crippen molar-refractivity contribution in [1.82, 2.24) is 0 Å². The molecular formula is C13H20NO2+. The fourth-order valence-electron chi connectivity index (χ4n) is 2.08. The maximum atomic E-state index is 5.70. The fraction of sp³-hybridized carbons (Fsp3) is 0.615. The molecule has 0 radical (unpaired) electrons. The Balaban J connectivity index is 1.96. The number of aromatic nitrogens is 1. The Hall–Kier alpha value is -0.930.